The number of alkyl halides is 3. The molecule has 0 saturated carbocycles. The second-order valence-electron chi connectivity index (χ2n) is 4.30. The molecule has 0 aliphatic rings. The van der Waals surface area contributed by atoms with Gasteiger partial charge in [0.05, 0.1) is 10.6 Å². The molecular weight excluding hydrogens is 304 g/mol. The Bertz CT molecular complexity index is 611. The van der Waals surface area contributed by atoms with Gasteiger partial charge in [0.2, 0.25) is 0 Å². The molecule has 2 aromatic rings. The number of hydrogen-bond donors (Lipinski definition) is 1. The first-order valence-corrected chi connectivity index (χ1v) is 7.02. The van der Waals surface area contributed by atoms with Gasteiger partial charge >= 0.3 is 6.18 Å². The molecule has 0 spiro atoms. The second kappa shape index (κ2) is 6.44. The minimum atomic E-state index is -4.39. The van der Waals surface area contributed by atoms with Gasteiger partial charge in [-0.2, -0.15) is 13.2 Å². The van der Waals surface area contributed by atoms with Crippen LogP contribution >= 0.6 is 11.8 Å². The third-order valence-corrected chi connectivity index (χ3v) is 3.80. The van der Waals surface area contributed by atoms with Crippen LogP contribution in [0.5, 0.6) is 0 Å². The molecule has 0 aliphatic carbocycles. The zero-order valence-electron chi connectivity index (χ0n) is 10.8. The van der Waals surface area contributed by atoms with E-state index >= 15 is 0 Å². The second-order valence-corrected chi connectivity index (χ2v) is 5.30. The van der Waals surface area contributed by atoms with Crippen LogP contribution in [0.25, 0.3) is 0 Å². The van der Waals surface area contributed by atoms with E-state index in [4.69, 9.17) is 5.73 Å². The molecular formula is C14H12F4N2S. The smallest absolute Gasteiger partial charge is 0.326 e. The molecule has 0 amide bonds. The highest BCUT2D eigenvalue weighted by molar-refractivity contribution is 7.98. The highest BCUT2D eigenvalue weighted by atomic mass is 32.2. The fourth-order valence-electron chi connectivity index (χ4n) is 1.66. The van der Waals surface area contributed by atoms with Crippen molar-refractivity contribution in [1.82, 2.24) is 4.98 Å². The summed E-state index contributed by atoms with van der Waals surface area (Å²) in [5.74, 6) is 0.116. The van der Waals surface area contributed by atoms with E-state index in [1.807, 2.05) is 0 Å². The van der Waals surface area contributed by atoms with Crippen LogP contribution in [0.15, 0.2) is 41.6 Å². The zero-order valence-corrected chi connectivity index (χ0v) is 11.6. The predicted molar refractivity (Wildman–Crippen MR) is 73.1 cm³/mol. The Balaban J connectivity index is 2.03. The van der Waals surface area contributed by atoms with E-state index < -0.39 is 11.7 Å². The van der Waals surface area contributed by atoms with Gasteiger partial charge in [-0.1, -0.05) is 12.1 Å². The van der Waals surface area contributed by atoms with Crippen LogP contribution in [0.1, 0.15) is 16.7 Å². The average Bonchev–Trinajstić information content (AvgIpc) is 2.46. The molecule has 0 saturated heterocycles. The third kappa shape index (κ3) is 4.18. The lowest BCUT2D eigenvalue weighted by Gasteiger charge is -2.07. The van der Waals surface area contributed by atoms with Gasteiger partial charge in [0.15, 0.2) is 0 Å². The third-order valence-electron chi connectivity index (χ3n) is 2.78. The molecule has 0 unspecified atom stereocenters. The molecule has 112 valence electrons. The summed E-state index contributed by atoms with van der Waals surface area (Å²) in [7, 11) is 0. The maximum absolute atomic E-state index is 13.3. The van der Waals surface area contributed by atoms with E-state index in [9.17, 15) is 17.6 Å². The molecule has 0 aliphatic heterocycles. The van der Waals surface area contributed by atoms with Crippen LogP contribution in [0.3, 0.4) is 0 Å². The number of nitrogens with two attached hydrogens (primary N) is 1. The van der Waals surface area contributed by atoms with Crippen LogP contribution in [-0.2, 0) is 18.5 Å². The van der Waals surface area contributed by atoms with Crippen LogP contribution in [0.4, 0.5) is 17.6 Å². The van der Waals surface area contributed by atoms with Crippen LogP contribution < -0.4 is 5.73 Å². The Morgan fingerprint density at radius 2 is 1.90 bits per heavy atom. The molecule has 0 atom stereocenters. The Morgan fingerprint density at radius 1 is 1.14 bits per heavy atom. The standard InChI is InChI=1S/C14H12F4N2S/c15-12-3-1-9(5-10(12)6-19)8-21-13-4-2-11(7-20-13)14(16,17)18/h1-5,7H,6,8,19H2. The zero-order chi connectivity index (χ0) is 15.5. The highest BCUT2D eigenvalue weighted by Crippen LogP contribution is 2.30. The van der Waals surface area contributed by atoms with Crippen molar-refractivity contribution in [3.63, 3.8) is 0 Å². The van der Waals surface area contributed by atoms with Crippen LogP contribution in [0, 0.1) is 5.82 Å². The lowest BCUT2D eigenvalue weighted by molar-refractivity contribution is -0.137. The SMILES string of the molecule is NCc1cc(CSc2ccc(C(F)(F)F)cn2)ccc1F. The van der Waals surface area contributed by atoms with E-state index in [1.165, 1.54) is 23.9 Å². The lowest BCUT2D eigenvalue weighted by atomic mass is 10.1. The lowest BCUT2D eigenvalue weighted by Crippen LogP contribution is -2.05. The fraction of sp³-hybridized carbons (Fsp3) is 0.214. The van der Waals surface area contributed by atoms with Crippen molar-refractivity contribution in [1.29, 1.82) is 0 Å². The Labute approximate surface area is 123 Å². The van der Waals surface area contributed by atoms with Gasteiger partial charge in [-0.15, -0.1) is 11.8 Å². The summed E-state index contributed by atoms with van der Waals surface area (Å²) in [4.78, 5) is 3.76. The van der Waals surface area contributed by atoms with Crippen molar-refractivity contribution >= 4 is 11.8 Å². The summed E-state index contributed by atoms with van der Waals surface area (Å²) in [5, 5.41) is 0.474. The van der Waals surface area contributed by atoms with Crippen molar-refractivity contribution in [3.05, 3.63) is 59.0 Å². The van der Waals surface area contributed by atoms with Crippen LogP contribution in [-0.4, -0.2) is 4.98 Å². The summed E-state index contributed by atoms with van der Waals surface area (Å²) in [5.41, 5.74) is 5.89. The summed E-state index contributed by atoms with van der Waals surface area (Å²) in [6, 6.07) is 6.91. The number of rotatable bonds is 4. The quantitative estimate of drug-likeness (QED) is 0.685. The van der Waals surface area contributed by atoms with Crippen molar-refractivity contribution in [2.24, 2.45) is 5.73 Å². The maximum atomic E-state index is 13.3. The minimum Gasteiger partial charge on any atom is -0.326 e. The van der Waals surface area contributed by atoms with Gasteiger partial charge < -0.3 is 5.73 Å². The van der Waals surface area contributed by atoms with E-state index in [1.54, 1.807) is 12.1 Å². The van der Waals surface area contributed by atoms with Crippen molar-refractivity contribution in [3.8, 4) is 0 Å². The van der Waals surface area contributed by atoms with Gasteiger partial charge in [0.25, 0.3) is 0 Å². The number of pyridine rings is 1. The molecule has 2 rings (SSSR count). The van der Waals surface area contributed by atoms with E-state index in [0.29, 0.717) is 16.3 Å². The Hall–Kier alpha value is -1.60. The monoisotopic (exact) mass is 316 g/mol. The number of aromatic nitrogens is 1. The fourth-order valence-corrected chi connectivity index (χ4v) is 2.45. The number of hydrogen-bond acceptors (Lipinski definition) is 3. The van der Waals surface area contributed by atoms with Gasteiger partial charge in [0, 0.05) is 24.1 Å². The van der Waals surface area contributed by atoms with Crippen LogP contribution in [0.2, 0.25) is 0 Å². The summed E-state index contributed by atoms with van der Waals surface area (Å²) in [6.45, 7) is 0.100. The van der Waals surface area contributed by atoms with Gasteiger partial charge in [0.1, 0.15) is 5.82 Å². The normalized spacial score (nSPS) is 11.7. The molecule has 7 heteroatoms. The molecule has 2 N–H and O–H groups in total. The van der Waals surface area contributed by atoms with Gasteiger partial charge in [-0.25, -0.2) is 9.37 Å². The Morgan fingerprint density at radius 3 is 2.48 bits per heavy atom. The number of halogens is 4. The topological polar surface area (TPSA) is 38.9 Å². The first-order chi connectivity index (χ1) is 9.90. The highest BCUT2D eigenvalue weighted by Gasteiger charge is 2.30. The van der Waals surface area contributed by atoms with E-state index in [-0.39, 0.29) is 12.4 Å². The predicted octanol–water partition coefficient (Wildman–Crippen LogP) is 3.99. The summed E-state index contributed by atoms with van der Waals surface area (Å²) < 4.78 is 50.5. The van der Waals surface area contributed by atoms with Crippen molar-refractivity contribution in [2.75, 3.05) is 0 Å². The first kappa shape index (κ1) is 15.8. The Kier molecular flexibility index (Phi) is 4.84. The van der Waals surface area contributed by atoms with E-state index in [2.05, 4.69) is 4.98 Å². The van der Waals surface area contributed by atoms with Gasteiger partial charge in [-0.05, 0) is 23.8 Å². The first-order valence-electron chi connectivity index (χ1n) is 6.03. The number of benzene rings is 1. The van der Waals surface area contributed by atoms with Crippen molar-refractivity contribution < 1.29 is 17.6 Å². The average molecular weight is 316 g/mol. The minimum absolute atomic E-state index is 0.100. The van der Waals surface area contributed by atoms with E-state index in [0.717, 1.165) is 17.8 Å². The molecule has 0 radical (unpaired) electrons. The van der Waals surface area contributed by atoms with Crippen molar-refractivity contribution in [2.45, 2.75) is 23.5 Å². The summed E-state index contributed by atoms with van der Waals surface area (Å²) >= 11 is 1.28. The number of thioether (sulfide) groups is 1. The summed E-state index contributed by atoms with van der Waals surface area (Å²) in [6.07, 6.45) is -3.58. The molecule has 1 heterocycles. The molecule has 1 aromatic heterocycles. The molecule has 2 nitrogen and oxygen atoms in total. The maximum Gasteiger partial charge on any atom is 0.417 e. The molecule has 21 heavy (non-hydrogen) atoms. The molecule has 0 fully saturated rings. The molecule has 1 aromatic carbocycles. The largest absolute Gasteiger partial charge is 0.417 e. The van der Waals surface area contributed by atoms with Gasteiger partial charge in [-0.3, -0.25) is 0 Å². The molecule has 0 bridgehead atoms. The number of nitrogens with zero attached hydrogens (tertiary/aromatic N) is 1.